The Morgan fingerprint density at radius 3 is 2.71 bits per heavy atom. The third kappa shape index (κ3) is 6.16. The van der Waals surface area contributed by atoms with Crippen LogP contribution in [0.2, 0.25) is 5.02 Å². The van der Waals surface area contributed by atoms with Crippen LogP contribution in [0.25, 0.3) is 0 Å². The van der Waals surface area contributed by atoms with Crippen molar-refractivity contribution in [2.45, 2.75) is 30.3 Å². The molecular weight excluding hydrogens is 308 g/mol. The molecule has 0 unspecified atom stereocenters. The van der Waals surface area contributed by atoms with Crippen LogP contribution < -0.4 is 10.6 Å². The fraction of sp³-hybridized carbons (Fsp3) is 0.533. The molecule has 1 aromatic rings. The van der Waals surface area contributed by atoms with E-state index in [0.29, 0.717) is 19.0 Å². The molecule has 21 heavy (non-hydrogen) atoms. The molecule has 0 radical (unpaired) electrons. The van der Waals surface area contributed by atoms with Gasteiger partial charge in [0.15, 0.2) is 0 Å². The van der Waals surface area contributed by atoms with Gasteiger partial charge in [0.1, 0.15) is 0 Å². The maximum Gasteiger partial charge on any atom is 0.314 e. The molecule has 1 aliphatic carbocycles. The molecule has 1 aliphatic rings. The lowest BCUT2D eigenvalue weighted by atomic mass is 10.1. The Labute approximate surface area is 134 Å². The predicted molar refractivity (Wildman–Crippen MR) is 86.9 cm³/mol. The van der Waals surface area contributed by atoms with Crippen LogP contribution in [0.15, 0.2) is 29.2 Å². The van der Waals surface area contributed by atoms with Crippen molar-refractivity contribution in [3.05, 3.63) is 29.3 Å². The Morgan fingerprint density at radius 1 is 1.29 bits per heavy atom. The number of urea groups is 1. The topological polar surface area (TPSA) is 61.4 Å². The molecule has 1 fully saturated rings. The quantitative estimate of drug-likeness (QED) is 0.556. The van der Waals surface area contributed by atoms with Crippen LogP contribution in [0.4, 0.5) is 4.79 Å². The predicted octanol–water partition coefficient (Wildman–Crippen LogP) is 2.89. The average Bonchev–Trinajstić information content (AvgIpc) is 2.89. The molecule has 2 rings (SSSR count). The molecule has 4 nitrogen and oxygen atoms in total. The second-order valence-electron chi connectivity index (χ2n) is 5.27. The summed E-state index contributed by atoms with van der Waals surface area (Å²) in [6, 6.07) is 7.53. The Bertz CT molecular complexity index is 455. The van der Waals surface area contributed by atoms with Crippen molar-refractivity contribution in [3.63, 3.8) is 0 Å². The third-order valence-corrected chi connectivity index (χ3v) is 4.80. The fourth-order valence-electron chi connectivity index (χ4n) is 2.40. The summed E-state index contributed by atoms with van der Waals surface area (Å²) in [6.07, 6.45) is 2.46. The molecule has 116 valence electrons. The Hall–Kier alpha value is -0.910. The zero-order valence-electron chi connectivity index (χ0n) is 11.8. The van der Waals surface area contributed by atoms with Crippen molar-refractivity contribution in [1.82, 2.24) is 10.6 Å². The molecule has 2 atom stereocenters. The highest BCUT2D eigenvalue weighted by Crippen LogP contribution is 2.24. The average molecular weight is 329 g/mol. The summed E-state index contributed by atoms with van der Waals surface area (Å²) in [4.78, 5) is 12.8. The van der Waals surface area contributed by atoms with Crippen molar-refractivity contribution in [2.24, 2.45) is 5.92 Å². The van der Waals surface area contributed by atoms with Crippen molar-refractivity contribution >= 4 is 29.4 Å². The summed E-state index contributed by atoms with van der Waals surface area (Å²) in [6.45, 7) is 1.26. The van der Waals surface area contributed by atoms with E-state index in [1.54, 1.807) is 11.8 Å². The van der Waals surface area contributed by atoms with Gasteiger partial charge in [0, 0.05) is 28.8 Å². The van der Waals surface area contributed by atoms with Crippen LogP contribution in [0.3, 0.4) is 0 Å². The molecule has 1 aromatic carbocycles. The van der Waals surface area contributed by atoms with E-state index in [4.69, 9.17) is 11.6 Å². The second-order valence-corrected chi connectivity index (χ2v) is 6.88. The van der Waals surface area contributed by atoms with Gasteiger partial charge in [-0.05, 0) is 49.4 Å². The number of amides is 2. The molecule has 6 heteroatoms. The summed E-state index contributed by atoms with van der Waals surface area (Å²) < 4.78 is 0. The molecule has 2 amide bonds. The molecular formula is C15H21ClN2O2S. The van der Waals surface area contributed by atoms with Gasteiger partial charge in [-0.1, -0.05) is 11.6 Å². The number of nitrogens with one attached hydrogen (secondary N) is 2. The van der Waals surface area contributed by atoms with E-state index >= 15 is 0 Å². The molecule has 0 aliphatic heterocycles. The highest BCUT2D eigenvalue weighted by Gasteiger charge is 2.22. The van der Waals surface area contributed by atoms with Gasteiger partial charge in [0.05, 0.1) is 6.10 Å². The molecule has 0 heterocycles. The molecule has 1 saturated carbocycles. The van der Waals surface area contributed by atoms with Gasteiger partial charge in [-0.15, -0.1) is 11.8 Å². The van der Waals surface area contributed by atoms with Gasteiger partial charge >= 0.3 is 6.03 Å². The minimum absolute atomic E-state index is 0.131. The van der Waals surface area contributed by atoms with Gasteiger partial charge in [0.2, 0.25) is 0 Å². The van der Waals surface area contributed by atoms with Crippen LogP contribution in [-0.2, 0) is 0 Å². The van der Waals surface area contributed by atoms with Gasteiger partial charge in [-0.3, -0.25) is 0 Å². The summed E-state index contributed by atoms with van der Waals surface area (Å²) in [7, 11) is 0. The maximum absolute atomic E-state index is 11.6. The highest BCUT2D eigenvalue weighted by molar-refractivity contribution is 7.99. The number of aliphatic hydroxyl groups excluding tert-OH is 1. The number of rotatable bonds is 6. The zero-order chi connectivity index (χ0) is 15.1. The van der Waals surface area contributed by atoms with E-state index in [0.717, 1.165) is 34.9 Å². The SMILES string of the molecule is O=C(NCCSc1ccc(Cl)cc1)NC[C@@H]1CC[C@H](O)C1. The highest BCUT2D eigenvalue weighted by atomic mass is 35.5. The van der Waals surface area contributed by atoms with Crippen molar-refractivity contribution in [1.29, 1.82) is 0 Å². The van der Waals surface area contributed by atoms with E-state index in [1.807, 2.05) is 24.3 Å². The molecule has 0 bridgehead atoms. The molecule has 0 aromatic heterocycles. The molecule has 0 spiro atoms. The van der Waals surface area contributed by atoms with Crippen molar-refractivity contribution < 1.29 is 9.90 Å². The first-order valence-corrected chi connectivity index (χ1v) is 8.58. The molecule has 0 saturated heterocycles. The lowest BCUT2D eigenvalue weighted by Gasteiger charge is -2.11. The summed E-state index contributed by atoms with van der Waals surface area (Å²) >= 11 is 7.50. The van der Waals surface area contributed by atoms with Gasteiger partial charge in [0.25, 0.3) is 0 Å². The lowest BCUT2D eigenvalue weighted by molar-refractivity contribution is 0.177. The first-order valence-electron chi connectivity index (χ1n) is 7.21. The van der Waals surface area contributed by atoms with Crippen molar-refractivity contribution in [3.8, 4) is 0 Å². The smallest absolute Gasteiger partial charge is 0.314 e. The van der Waals surface area contributed by atoms with Crippen LogP contribution in [0.1, 0.15) is 19.3 Å². The van der Waals surface area contributed by atoms with E-state index in [2.05, 4.69) is 10.6 Å². The third-order valence-electron chi connectivity index (χ3n) is 3.53. The lowest BCUT2D eigenvalue weighted by Crippen LogP contribution is -2.38. The minimum Gasteiger partial charge on any atom is -0.393 e. The van der Waals surface area contributed by atoms with Crippen LogP contribution in [-0.4, -0.2) is 36.1 Å². The van der Waals surface area contributed by atoms with E-state index < -0.39 is 0 Å². The number of aliphatic hydroxyl groups is 1. The van der Waals surface area contributed by atoms with Crippen LogP contribution >= 0.6 is 23.4 Å². The Morgan fingerprint density at radius 2 is 2.05 bits per heavy atom. The van der Waals surface area contributed by atoms with E-state index in [9.17, 15) is 9.90 Å². The number of halogens is 1. The number of carbonyl (C=O) groups is 1. The van der Waals surface area contributed by atoms with E-state index in [-0.39, 0.29) is 12.1 Å². The first-order chi connectivity index (χ1) is 10.1. The van der Waals surface area contributed by atoms with E-state index in [1.165, 1.54) is 0 Å². The Kier molecular flexibility index (Phi) is 6.67. The van der Waals surface area contributed by atoms with Gasteiger partial charge in [-0.2, -0.15) is 0 Å². The summed E-state index contributed by atoms with van der Waals surface area (Å²) in [5.41, 5.74) is 0. The summed E-state index contributed by atoms with van der Waals surface area (Å²) in [5.74, 6) is 1.23. The minimum atomic E-state index is -0.185. The Balaban J connectivity index is 1.54. The number of hydrogen-bond acceptors (Lipinski definition) is 3. The second kappa shape index (κ2) is 8.51. The van der Waals surface area contributed by atoms with Crippen molar-refractivity contribution in [2.75, 3.05) is 18.8 Å². The fourth-order valence-corrected chi connectivity index (χ4v) is 3.29. The monoisotopic (exact) mass is 328 g/mol. The number of benzene rings is 1. The number of thioether (sulfide) groups is 1. The zero-order valence-corrected chi connectivity index (χ0v) is 13.4. The van der Waals surface area contributed by atoms with Crippen LogP contribution in [0, 0.1) is 5.92 Å². The summed E-state index contributed by atoms with van der Waals surface area (Å²) in [5, 5.41) is 15.9. The first kappa shape index (κ1) is 16.5. The van der Waals surface area contributed by atoms with Crippen LogP contribution in [0.5, 0.6) is 0 Å². The largest absolute Gasteiger partial charge is 0.393 e. The maximum atomic E-state index is 11.6. The number of carbonyl (C=O) groups excluding carboxylic acids is 1. The molecule has 3 N–H and O–H groups in total. The van der Waals surface area contributed by atoms with Gasteiger partial charge in [-0.25, -0.2) is 4.79 Å². The normalized spacial score (nSPS) is 21.2. The standard InChI is InChI=1S/C15H21ClN2O2S/c16-12-2-5-14(6-3-12)21-8-7-17-15(20)18-10-11-1-4-13(19)9-11/h2-3,5-6,11,13,19H,1,4,7-10H2,(H2,17,18,20)/t11-,13+/m1/s1. The van der Waals surface area contributed by atoms with Gasteiger partial charge < -0.3 is 15.7 Å². The number of hydrogen-bond donors (Lipinski definition) is 3.